The lowest BCUT2D eigenvalue weighted by Gasteiger charge is -2.35. The molecule has 0 radical (unpaired) electrons. The number of benzene rings is 1. The first kappa shape index (κ1) is 19.1. The highest BCUT2D eigenvalue weighted by Gasteiger charge is 2.33. The second-order valence-corrected chi connectivity index (χ2v) is 10.1. The van der Waals surface area contributed by atoms with Crippen molar-refractivity contribution in [2.24, 2.45) is 5.92 Å². The first-order valence-electron chi connectivity index (χ1n) is 10.5. The maximum absolute atomic E-state index is 12.7. The Labute approximate surface area is 187 Å². The van der Waals surface area contributed by atoms with Gasteiger partial charge in [-0.1, -0.05) is 0 Å². The van der Waals surface area contributed by atoms with E-state index in [0.717, 1.165) is 76.3 Å². The number of amides is 1. The molecule has 158 valence electrons. The van der Waals surface area contributed by atoms with Gasteiger partial charge >= 0.3 is 0 Å². The van der Waals surface area contributed by atoms with Gasteiger partial charge in [-0.3, -0.25) is 9.89 Å². The quantitative estimate of drug-likeness (QED) is 0.449. The monoisotopic (exact) mass is 450 g/mol. The number of nitrogens with one attached hydrogen (secondary N) is 2. The van der Waals surface area contributed by atoms with Gasteiger partial charge in [-0.15, -0.1) is 23.1 Å². The van der Waals surface area contributed by atoms with E-state index in [1.165, 1.54) is 10.4 Å². The standard InChI is InChI=1S/C22H22N6OS2/c1-30-18-9-15-13(10-25-27-15)7-16(18)26-20-19-14-4-3-12(22(29)28-5-2-6-28)8-17(14)31-21(19)24-11-23-20/h7,9-12H,2-6,8H2,1H3,(H,25,27)(H,23,24,26)/t12-/m0/s1. The predicted molar refractivity (Wildman–Crippen MR) is 125 cm³/mol. The Balaban J connectivity index is 1.37. The van der Waals surface area contributed by atoms with Gasteiger partial charge in [0.1, 0.15) is 17.0 Å². The van der Waals surface area contributed by atoms with Gasteiger partial charge in [-0.25, -0.2) is 9.97 Å². The molecule has 7 nitrogen and oxygen atoms in total. The Morgan fingerprint density at radius 3 is 3.03 bits per heavy atom. The first-order chi connectivity index (χ1) is 15.2. The lowest BCUT2D eigenvalue weighted by atomic mass is 9.86. The summed E-state index contributed by atoms with van der Waals surface area (Å²) in [6, 6.07) is 4.22. The van der Waals surface area contributed by atoms with Gasteiger partial charge in [-0.05, 0) is 49.6 Å². The van der Waals surface area contributed by atoms with Crippen LogP contribution < -0.4 is 5.32 Å². The van der Waals surface area contributed by atoms with Crippen molar-refractivity contribution in [2.45, 2.75) is 30.6 Å². The Bertz CT molecular complexity index is 1310. The lowest BCUT2D eigenvalue weighted by Crippen LogP contribution is -2.46. The van der Waals surface area contributed by atoms with Crippen LogP contribution in [0, 0.1) is 5.92 Å². The molecule has 3 aromatic heterocycles. The fourth-order valence-electron chi connectivity index (χ4n) is 4.58. The molecule has 0 saturated carbocycles. The van der Waals surface area contributed by atoms with E-state index in [9.17, 15) is 4.79 Å². The molecule has 1 fully saturated rings. The molecule has 1 aliphatic heterocycles. The van der Waals surface area contributed by atoms with Crippen molar-refractivity contribution in [3.8, 4) is 0 Å². The van der Waals surface area contributed by atoms with Crippen LogP contribution in [0.1, 0.15) is 23.3 Å². The summed E-state index contributed by atoms with van der Waals surface area (Å²) in [5.74, 6) is 1.28. The van der Waals surface area contributed by atoms with Crippen molar-refractivity contribution < 1.29 is 4.79 Å². The number of aryl methyl sites for hydroxylation is 1. The number of hydrogen-bond acceptors (Lipinski definition) is 7. The molecule has 0 unspecified atom stereocenters. The second kappa shape index (κ2) is 7.49. The molecule has 31 heavy (non-hydrogen) atoms. The van der Waals surface area contributed by atoms with E-state index in [1.54, 1.807) is 29.4 Å². The number of carbonyl (C=O) groups is 1. The third-order valence-corrected chi connectivity index (χ3v) is 8.32. The van der Waals surface area contributed by atoms with Crippen LogP contribution in [0.15, 0.2) is 29.6 Å². The van der Waals surface area contributed by atoms with Crippen LogP contribution in [0.4, 0.5) is 11.5 Å². The number of fused-ring (bicyclic) bond motifs is 4. The lowest BCUT2D eigenvalue weighted by molar-refractivity contribution is -0.139. The fraction of sp³-hybridized carbons (Fsp3) is 0.364. The number of aromatic amines is 1. The summed E-state index contributed by atoms with van der Waals surface area (Å²) in [6.07, 6.45) is 9.30. The number of aromatic nitrogens is 4. The number of thioether (sulfide) groups is 1. The molecule has 6 rings (SSSR count). The molecular weight excluding hydrogens is 428 g/mol. The summed E-state index contributed by atoms with van der Waals surface area (Å²) in [6.45, 7) is 1.85. The average molecular weight is 451 g/mol. The number of carbonyl (C=O) groups excluding carboxylic acids is 1. The van der Waals surface area contributed by atoms with Crippen molar-refractivity contribution in [3.63, 3.8) is 0 Å². The fourth-order valence-corrected chi connectivity index (χ4v) is 6.41. The van der Waals surface area contributed by atoms with Crippen molar-refractivity contribution in [3.05, 3.63) is 35.1 Å². The van der Waals surface area contributed by atoms with Crippen LogP contribution >= 0.6 is 23.1 Å². The third kappa shape index (κ3) is 3.18. The highest BCUT2D eigenvalue weighted by Crippen LogP contribution is 2.42. The van der Waals surface area contributed by atoms with Gasteiger partial charge in [-0.2, -0.15) is 5.10 Å². The van der Waals surface area contributed by atoms with Gasteiger partial charge in [0.25, 0.3) is 0 Å². The van der Waals surface area contributed by atoms with E-state index in [2.05, 4.69) is 43.9 Å². The molecule has 1 saturated heterocycles. The molecule has 0 spiro atoms. The zero-order valence-corrected chi connectivity index (χ0v) is 18.8. The summed E-state index contributed by atoms with van der Waals surface area (Å²) in [5.41, 5.74) is 3.35. The number of thiophene rings is 1. The van der Waals surface area contributed by atoms with Crippen LogP contribution in [0.25, 0.3) is 21.1 Å². The Hall–Kier alpha value is -2.65. The van der Waals surface area contributed by atoms with Crippen LogP contribution in [0.3, 0.4) is 0 Å². The first-order valence-corrected chi connectivity index (χ1v) is 12.6. The molecule has 1 atom stereocenters. The largest absolute Gasteiger partial charge is 0.342 e. The normalized spacial score (nSPS) is 18.2. The molecule has 1 amide bonds. The van der Waals surface area contributed by atoms with E-state index in [-0.39, 0.29) is 5.92 Å². The van der Waals surface area contributed by atoms with E-state index < -0.39 is 0 Å². The summed E-state index contributed by atoms with van der Waals surface area (Å²) in [7, 11) is 0. The number of anilines is 2. The van der Waals surface area contributed by atoms with Crippen LogP contribution in [-0.2, 0) is 17.6 Å². The predicted octanol–water partition coefficient (Wildman–Crippen LogP) is 4.37. The number of nitrogens with zero attached hydrogens (tertiary/aromatic N) is 4. The van der Waals surface area contributed by atoms with Crippen LogP contribution in [0.2, 0.25) is 0 Å². The number of likely N-dealkylation sites (tertiary alicyclic amines) is 1. The van der Waals surface area contributed by atoms with Gasteiger partial charge in [0, 0.05) is 34.2 Å². The molecule has 1 aliphatic carbocycles. The highest BCUT2D eigenvalue weighted by atomic mass is 32.2. The van der Waals surface area contributed by atoms with Crippen molar-refractivity contribution in [1.29, 1.82) is 0 Å². The third-order valence-electron chi connectivity index (χ3n) is 6.38. The smallest absolute Gasteiger partial charge is 0.226 e. The van der Waals surface area contributed by atoms with E-state index >= 15 is 0 Å². The SMILES string of the molecule is CSc1cc2[nH]ncc2cc1Nc1ncnc2sc3c(c12)CC[C@H](C(=O)N1CCC1)C3. The number of H-pyrrole nitrogens is 1. The van der Waals surface area contributed by atoms with E-state index in [0.29, 0.717) is 5.91 Å². The van der Waals surface area contributed by atoms with Gasteiger partial charge in [0.2, 0.25) is 5.91 Å². The molecular formula is C22H22N6OS2. The van der Waals surface area contributed by atoms with E-state index in [1.807, 2.05) is 11.1 Å². The highest BCUT2D eigenvalue weighted by molar-refractivity contribution is 7.98. The van der Waals surface area contributed by atoms with Crippen molar-refractivity contribution >= 4 is 61.6 Å². The minimum absolute atomic E-state index is 0.108. The summed E-state index contributed by atoms with van der Waals surface area (Å²) < 4.78 is 0. The summed E-state index contributed by atoms with van der Waals surface area (Å²) in [5, 5.41) is 12.9. The van der Waals surface area contributed by atoms with Gasteiger partial charge in [0.15, 0.2) is 0 Å². The second-order valence-electron chi connectivity index (χ2n) is 8.16. The topological polar surface area (TPSA) is 86.8 Å². The minimum Gasteiger partial charge on any atom is -0.342 e. The maximum atomic E-state index is 12.7. The zero-order valence-electron chi connectivity index (χ0n) is 17.1. The van der Waals surface area contributed by atoms with Crippen LogP contribution in [-0.4, -0.2) is 50.3 Å². The average Bonchev–Trinajstić information content (AvgIpc) is 3.35. The van der Waals surface area contributed by atoms with Crippen LogP contribution in [0.5, 0.6) is 0 Å². The molecule has 4 heterocycles. The molecule has 2 N–H and O–H groups in total. The number of rotatable bonds is 4. The number of hydrogen-bond donors (Lipinski definition) is 2. The molecule has 9 heteroatoms. The van der Waals surface area contributed by atoms with Gasteiger partial charge < -0.3 is 10.2 Å². The Kier molecular flexibility index (Phi) is 4.61. The zero-order chi connectivity index (χ0) is 20.9. The van der Waals surface area contributed by atoms with E-state index in [4.69, 9.17) is 0 Å². The summed E-state index contributed by atoms with van der Waals surface area (Å²) >= 11 is 3.40. The Morgan fingerprint density at radius 1 is 1.32 bits per heavy atom. The molecule has 0 bridgehead atoms. The minimum atomic E-state index is 0.108. The van der Waals surface area contributed by atoms with Crippen molar-refractivity contribution in [2.75, 3.05) is 24.7 Å². The van der Waals surface area contributed by atoms with Gasteiger partial charge in [0.05, 0.1) is 22.8 Å². The maximum Gasteiger partial charge on any atom is 0.226 e. The molecule has 1 aromatic carbocycles. The summed E-state index contributed by atoms with van der Waals surface area (Å²) in [4.78, 5) is 27.3. The molecule has 2 aliphatic rings. The molecule has 4 aromatic rings. The Morgan fingerprint density at radius 2 is 2.23 bits per heavy atom. The van der Waals surface area contributed by atoms with Crippen molar-refractivity contribution in [1.82, 2.24) is 25.1 Å².